The smallest absolute Gasteiger partial charge is 0.416 e. The van der Waals surface area contributed by atoms with Gasteiger partial charge in [-0.2, -0.15) is 13.2 Å². The number of benzene rings is 1. The Morgan fingerprint density at radius 3 is 2.64 bits per heavy atom. The van der Waals surface area contributed by atoms with Gasteiger partial charge in [-0.1, -0.05) is 6.07 Å². The molecule has 2 N–H and O–H groups in total. The Morgan fingerprint density at radius 2 is 2.05 bits per heavy atom. The van der Waals surface area contributed by atoms with Crippen LogP contribution < -0.4 is 5.32 Å². The molecule has 0 aliphatic heterocycles. The van der Waals surface area contributed by atoms with Gasteiger partial charge >= 0.3 is 12.3 Å². The molecule has 1 amide bonds. The Balaban J connectivity index is 2.55. The number of nitrogens with one attached hydrogen (secondary N) is 1. The normalized spacial score (nSPS) is 11.3. The highest BCUT2D eigenvalue weighted by Crippen LogP contribution is 2.35. The van der Waals surface area contributed by atoms with E-state index in [1.54, 1.807) is 12.1 Å². The number of alkyl halides is 3. The summed E-state index contributed by atoms with van der Waals surface area (Å²) >= 11 is 3.24. The van der Waals surface area contributed by atoms with E-state index in [-0.39, 0.29) is 12.1 Å². The fourth-order valence-corrected chi connectivity index (χ4v) is 2.35. The molecule has 0 atom stereocenters. The second kappa shape index (κ2) is 6.35. The number of amides is 1. The summed E-state index contributed by atoms with van der Waals surface area (Å²) in [5.74, 6) is 0. The number of aromatic nitrogens is 1. The Kier molecular flexibility index (Phi) is 4.70. The molecule has 1 heterocycles. The van der Waals surface area contributed by atoms with Crippen molar-refractivity contribution >= 4 is 22.0 Å². The summed E-state index contributed by atoms with van der Waals surface area (Å²) in [6, 6.07) is 6.41. The van der Waals surface area contributed by atoms with Crippen LogP contribution in [0.25, 0.3) is 11.3 Å². The maximum absolute atomic E-state index is 12.9. The van der Waals surface area contributed by atoms with Crippen molar-refractivity contribution in [1.82, 2.24) is 10.3 Å². The molecular formula is C14H10BrF3N2O2. The lowest BCUT2D eigenvalue weighted by atomic mass is 10.00. The minimum absolute atomic E-state index is 0.119. The van der Waals surface area contributed by atoms with Gasteiger partial charge in [0.2, 0.25) is 0 Å². The van der Waals surface area contributed by atoms with Crippen molar-refractivity contribution in [3.05, 3.63) is 52.1 Å². The van der Waals surface area contributed by atoms with Crippen molar-refractivity contribution in [3.8, 4) is 11.3 Å². The summed E-state index contributed by atoms with van der Waals surface area (Å²) in [6.45, 7) is -0.119. The molecule has 1 aromatic heterocycles. The lowest BCUT2D eigenvalue weighted by Gasteiger charge is -2.14. The molecule has 0 unspecified atom stereocenters. The predicted octanol–water partition coefficient (Wildman–Crippen LogP) is 4.30. The van der Waals surface area contributed by atoms with Crippen LogP contribution in [0.5, 0.6) is 0 Å². The summed E-state index contributed by atoms with van der Waals surface area (Å²) in [6.07, 6.45) is -4.30. The highest BCUT2D eigenvalue weighted by molar-refractivity contribution is 9.10. The number of halogens is 4. The Morgan fingerprint density at radius 1 is 1.32 bits per heavy atom. The number of carbonyl (C=O) groups is 1. The third-order valence-corrected chi connectivity index (χ3v) is 3.52. The van der Waals surface area contributed by atoms with Crippen molar-refractivity contribution in [1.29, 1.82) is 0 Å². The van der Waals surface area contributed by atoms with Gasteiger partial charge in [-0.15, -0.1) is 0 Å². The molecule has 116 valence electrons. The van der Waals surface area contributed by atoms with Gasteiger partial charge in [0.15, 0.2) is 0 Å². The molecule has 8 heteroatoms. The zero-order valence-electron chi connectivity index (χ0n) is 11.0. The topological polar surface area (TPSA) is 62.2 Å². The van der Waals surface area contributed by atoms with E-state index in [0.717, 1.165) is 12.1 Å². The number of nitrogens with zero attached hydrogens (tertiary/aromatic N) is 1. The summed E-state index contributed by atoms with van der Waals surface area (Å²) in [5, 5.41) is 10.8. The van der Waals surface area contributed by atoms with Crippen molar-refractivity contribution in [3.63, 3.8) is 0 Å². The maximum atomic E-state index is 12.9. The molecule has 0 saturated carbocycles. The van der Waals surface area contributed by atoms with E-state index >= 15 is 0 Å². The molecule has 4 nitrogen and oxygen atoms in total. The lowest BCUT2D eigenvalue weighted by molar-refractivity contribution is -0.137. The highest BCUT2D eigenvalue weighted by Gasteiger charge is 2.31. The van der Waals surface area contributed by atoms with Gasteiger partial charge in [0.05, 0.1) is 11.3 Å². The van der Waals surface area contributed by atoms with Crippen LogP contribution in [0.1, 0.15) is 11.1 Å². The average Bonchev–Trinajstić information content (AvgIpc) is 2.44. The Hall–Kier alpha value is -2.09. The zero-order chi connectivity index (χ0) is 16.3. The maximum Gasteiger partial charge on any atom is 0.416 e. The van der Waals surface area contributed by atoms with E-state index in [9.17, 15) is 18.0 Å². The predicted molar refractivity (Wildman–Crippen MR) is 77.2 cm³/mol. The average molecular weight is 375 g/mol. The minimum Gasteiger partial charge on any atom is -0.465 e. The van der Waals surface area contributed by atoms with E-state index in [0.29, 0.717) is 15.7 Å². The number of hydrogen-bond acceptors (Lipinski definition) is 2. The van der Waals surface area contributed by atoms with Crippen molar-refractivity contribution in [2.24, 2.45) is 0 Å². The highest BCUT2D eigenvalue weighted by atomic mass is 79.9. The summed E-state index contributed by atoms with van der Waals surface area (Å²) in [4.78, 5) is 14.7. The van der Waals surface area contributed by atoms with Crippen molar-refractivity contribution in [2.45, 2.75) is 12.7 Å². The van der Waals surface area contributed by atoms with Gasteiger partial charge < -0.3 is 10.4 Å². The third kappa shape index (κ3) is 3.76. The summed E-state index contributed by atoms with van der Waals surface area (Å²) in [7, 11) is 0. The molecule has 0 spiro atoms. The van der Waals surface area contributed by atoms with E-state index < -0.39 is 17.8 Å². The molecule has 0 fully saturated rings. The van der Waals surface area contributed by atoms with Crippen LogP contribution in [-0.4, -0.2) is 16.2 Å². The van der Waals surface area contributed by atoms with E-state index in [4.69, 9.17) is 5.11 Å². The van der Waals surface area contributed by atoms with E-state index in [1.165, 1.54) is 12.3 Å². The quantitative estimate of drug-likeness (QED) is 0.841. The largest absolute Gasteiger partial charge is 0.465 e. The molecule has 0 bridgehead atoms. The fourth-order valence-electron chi connectivity index (χ4n) is 1.88. The van der Waals surface area contributed by atoms with Gasteiger partial charge in [0, 0.05) is 22.8 Å². The monoisotopic (exact) mass is 374 g/mol. The van der Waals surface area contributed by atoms with Gasteiger partial charge in [0.25, 0.3) is 0 Å². The molecule has 2 aromatic rings. The second-order valence-electron chi connectivity index (χ2n) is 4.36. The number of rotatable bonds is 3. The standard InChI is InChI=1S/C14H10BrF3N2O2/c15-11-2-1-5-19-12(11)10-6-9(14(16,17)18)4-3-8(10)7-20-13(21)22/h1-6,20H,7H2,(H,21,22). The SMILES string of the molecule is O=C(O)NCc1ccc(C(F)(F)F)cc1-c1ncccc1Br. The Bertz CT molecular complexity index is 705. The molecule has 0 aliphatic carbocycles. The molecular weight excluding hydrogens is 365 g/mol. The van der Waals surface area contributed by atoms with Crippen LogP contribution in [0.2, 0.25) is 0 Å². The zero-order valence-corrected chi connectivity index (χ0v) is 12.6. The molecule has 0 radical (unpaired) electrons. The number of carboxylic acid groups (broad SMARTS) is 1. The van der Waals surface area contributed by atoms with Gasteiger partial charge in [-0.25, -0.2) is 4.79 Å². The summed E-state index contributed by atoms with van der Waals surface area (Å²) in [5.41, 5.74) is 0.112. The van der Waals surface area contributed by atoms with Crippen molar-refractivity contribution in [2.75, 3.05) is 0 Å². The molecule has 1 aromatic carbocycles. The molecule has 22 heavy (non-hydrogen) atoms. The van der Waals surface area contributed by atoms with Crippen molar-refractivity contribution < 1.29 is 23.1 Å². The van der Waals surface area contributed by atoms with Gasteiger partial charge in [0.1, 0.15) is 0 Å². The first kappa shape index (κ1) is 16.3. The first-order chi connectivity index (χ1) is 10.3. The Labute approximate surface area is 132 Å². The van der Waals surface area contributed by atoms with E-state index in [1.807, 2.05) is 0 Å². The van der Waals surface area contributed by atoms with Crippen LogP contribution >= 0.6 is 15.9 Å². The van der Waals surface area contributed by atoms with Crippen LogP contribution in [0.3, 0.4) is 0 Å². The third-order valence-electron chi connectivity index (χ3n) is 2.88. The summed E-state index contributed by atoms with van der Waals surface area (Å²) < 4.78 is 39.2. The van der Waals surface area contributed by atoms with Gasteiger partial charge in [-0.3, -0.25) is 4.98 Å². The van der Waals surface area contributed by atoms with E-state index in [2.05, 4.69) is 26.2 Å². The molecule has 0 aliphatic rings. The minimum atomic E-state index is -4.49. The van der Waals surface area contributed by atoms with Crippen LogP contribution in [0.15, 0.2) is 41.0 Å². The lowest BCUT2D eigenvalue weighted by Crippen LogP contribution is -2.20. The number of pyridine rings is 1. The molecule has 0 saturated heterocycles. The fraction of sp³-hybridized carbons (Fsp3) is 0.143. The van der Waals surface area contributed by atoms with Crippen LogP contribution in [-0.2, 0) is 12.7 Å². The molecule has 2 rings (SSSR count). The van der Waals surface area contributed by atoms with Gasteiger partial charge in [-0.05, 0) is 45.8 Å². The van der Waals surface area contributed by atoms with Crippen LogP contribution in [0, 0.1) is 0 Å². The van der Waals surface area contributed by atoms with Crippen LogP contribution in [0.4, 0.5) is 18.0 Å². The number of hydrogen-bond donors (Lipinski definition) is 2. The first-order valence-electron chi connectivity index (χ1n) is 6.07. The second-order valence-corrected chi connectivity index (χ2v) is 5.22. The first-order valence-corrected chi connectivity index (χ1v) is 6.86.